The summed E-state index contributed by atoms with van der Waals surface area (Å²) < 4.78 is 10.4. The van der Waals surface area contributed by atoms with Crippen LogP contribution in [0.4, 0.5) is 4.79 Å². The third-order valence-electron chi connectivity index (χ3n) is 4.66. The van der Waals surface area contributed by atoms with Crippen molar-refractivity contribution in [2.45, 2.75) is 26.3 Å². The molecule has 0 bridgehead atoms. The van der Waals surface area contributed by atoms with E-state index < -0.39 is 40.8 Å². The quantitative estimate of drug-likeness (QED) is 0.320. The molecule has 0 aliphatic rings. The molecule has 174 valence electrons. The van der Waals surface area contributed by atoms with E-state index in [1.807, 2.05) is 0 Å². The molecule has 2 aromatic carbocycles. The highest BCUT2D eigenvalue weighted by atomic mass is 16.6. The normalized spacial score (nSPS) is 12.0. The molecule has 0 fully saturated rings. The second-order valence-electron chi connectivity index (χ2n) is 7.68. The number of carbonyl (C=O) groups excluding carboxylic acids is 1. The van der Waals surface area contributed by atoms with E-state index in [4.69, 9.17) is 9.15 Å². The first-order valence-electron chi connectivity index (χ1n) is 9.74. The summed E-state index contributed by atoms with van der Waals surface area (Å²) in [5, 5.41) is 51.1. The van der Waals surface area contributed by atoms with Gasteiger partial charge in [-0.25, -0.2) is 9.59 Å². The fourth-order valence-electron chi connectivity index (χ4n) is 3.18. The Balaban J connectivity index is 1.90. The van der Waals surface area contributed by atoms with Gasteiger partial charge in [-0.3, -0.25) is 4.79 Å². The number of phenols is 3. The van der Waals surface area contributed by atoms with E-state index in [0.29, 0.717) is 0 Å². The number of ether oxygens (including phenoxy) is 1. The van der Waals surface area contributed by atoms with Gasteiger partial charge in [0.15, 0.2) is 17.3 Å². The van der Waals surface area contributed by atoms with E-state index in [0.717, 1.165) is 24.3 Å². The Morgan fingerprint density at radius 2 is 1.76 bits per heavy atom. The Hall–Kier alpha value is -4.41. The Morgan fingerprint density at radius 1 is 1.06 bits per heavy atom. The van der Waals surface area contributed by atoms with Gasteiger partial charge in [0.25, 0.3) is 0 Å². The van der Waals surface area contributed by atoms with Gasteiger partial charge in [0.2, 0.25) is 11.2 Å². The molecule has 0 aliphatic carbocycles. The largest absolute Gasteiger partial charge is 0.508 e. The van der Waals surface area contributed by atoms with Gasteiger partial charge in [-0.2, -0.15) is 0 Å². The molecule has 1 amide bonds. The molecular formula is C22H21NO10. The predicted molar refractivity (Wildman–Crippen MR) is 115 cm³/mol. The lowest BCUT2D eigenvalue weighted by molar-refractivity contribution is -0.139. The van der Waals surface area contributed by atoms with Crippen molar-refractivity contribution >= 4 is 23.0 Å². The van der Waals surface area contributed by atoms with Gasteiger partial charge in [0.1, 0.15) is 28.5 Å². The van der Waals surface area contributed by atoms with Crippen molar-refractivity contribution < 1.29 is 44.3 Å². The summed E-state index contributed by atoms with van der Waals surface area (Å²) in [4.78, 5) is 35.8. The van der Waals surface area contributed by atoms with Crippen molar-refractivity contribution in [3.8, 4) is 40.1 Å². The molecular weight excluding hydrogens is 438 g/mol. The monoisotopic (exact) mass is 459 g/mol. The fraction of sp³-hybridized carbons (Fsp3) is 0.227. The second-order valence-corrected chi connectivity index (χ2v) is 7.68. The smallest absolute Gasteiger partial charge is 0.413 e. The van der Waals surface area contributed by atoms with E-state index >= 15 is 0 Å². The van der Waals surface area contributed by atoms with E-state index in [1.165, 1.54) is 6.07 Å². The first-order valence-corrected chi connectivity index (χ1v) is 9.74. The average molecular weight is 459 g/mol. The highest BCUT2D eigenvalue weighted by Crippen LogP contribution is 2.38. The van der Waals surface area contributed by atoms with E-state index in [2.05, 4.69) is 5.32 Å². The van der Waals surface area contributed by atoms with Gasteiger partial charge >= 0.3 is 12.1 Å². The minimum Gasteiger partial charge on any atom is -0.508 e. The molecule has 1 atom stereocenters. The number of hydrogen-bond donors (Lipinski definition) is 6. The first-order chi connectivity index (χ1) is 15.5. The number of benzene rings is 2. The first kappa shape index (κ1) is 23.3. The number of amides is 1. The highest BCUT2D eigenvalue weighted by molar-refractivity contribution is 5.88. The van der Waals surface area contributed by atoms with Gasteiger partial charge in [-0.15, -0.1) is 0 Å². The van der Waals surface area contributed by atoms with Gasteiger partial charge in [0, 0.05) is 17.7 Å². The maximum absolute atomic E-state index is 12.4. The number of phenolic OH excluding ortho intramolecular Hbond substituents is 3. The zero-order valence-electron chi connectivity index (χ0n) is 17.5. The van der Waals surface area contributed by atoms with Gasteiger partial charge in [-0.1, -0.05) is 13.8 Å². The van der Waals surface area contributed by atoms with Crippen LogP contribution in [0.25, 0.3) is 22.3 Å². The van der Waals surface area contributed by atoms with Crippen LogP contribution in [0.2, 0.25) is 0 Å². The fourth-order valence-corrected chi connectivity index (χ4v) is 3.18. The molecule has 0 aliphatic heterocycles. The van der Waals surface area contributed by atoms with Crippen LogP contribution in [0, 0.1) is 5.92 Å². The lowest BCUT2D eigenvalue weighted by atomic mass is 10.0. The molecule has 33 heavy (non-hydrogen) atoms. The zero-order chi connectivity index (χ0) is 24.4. The van der Waals surface area contributed by atoms with E-state index in [1.54, 1.807) is 13.8 Å². The zero-order valence-corrected chi connectivity index (χ0v) is 17.5. The molecule has 6 N–H and O–H groups in total. The van der Waals surface area contributed by atoms with E-state index in [9.17, 15) is 39.9 Å². The minimum absolute atomic E-state index is 0.00722. The van der Waals surface area contributed by atoms with Gasteiger partial charge in [0.05, 0.1) is 0 Å². The molecule has 1 aromatic heterocycles. The SMILES string of the molecule is CC(C)C[C@H](NC(=O)Oc1ccc(-c2oc3cc(O)cc(O)c3c(=O)c2O)cc1O)C(=O)O. The Labute approximate surface area is 186 Å². The van der Waals surface area contributed by atoms with Crippen molar-refractivity contribution in [3.63, 3.8) is 0 Å². The maximum Gasteiger partial charge on any atom is 0.413 e. The van der Waals surface area contributed by atoms with Crippen molar-refractivity contribution in [3.05, 3.63) is 40.6 Å². The number of aliphatic carboxylic acids is 1. The molecule has 11 nitrogen and oxygen atoms in total. The van der Waals surface area contributed by atoms with Crippen molar-refractivity contribution in [1.82, 2.24) is 5.32 Å². The van der Waals surface area contributed by atoms with Crippen LogP contribution in [-0.2, 0) is 4.79 Å². The van der Waals surface area contributed by atoms with Crippen LogP contribution >= 0.6 is 0 Å². The molecule has 0 unspecified atom stereocenters. The highest BCUT2D eigenvalue weighted by Gasteiger charge is 2.23. The third kappa shape index (κ3) is 4.92. The van der Waals surface area contributed by atoms with Crippen molar-refractivity contribution in [2.75, 3.05) is 0 Å². The van der Waals surface area contributed by atoms with Gasteiger partial charge < -0.3 is 40.0 Å². The molecule has 0 radical (unpaired) electrons. The summed E-state index contributed by atoms with van der Waals surface area (Å²) in [6.07, 6.45) is -0.932. The van der Waals surface area contributed by atoms with Crippen LogP contribution in [0.15, 0.2) is 39.5 Å². The Kier molecular flexibility index (Phi) is 6.33. The van der Waals surface area contributed by atoms with Crippen LogP contribution in [-0.4, -0.2) is 43.6 Å². The van der Waals surface area contributed by atoms with Crippen molar-refractivity contribution in [2.24, 2.45) is 5.92 Å². The summed E-state index contributed by atoms with van der Waals surface area (Å²) in [5.41, 5.74) is -1.16. The number of carboxylic acids is 1. The summed E-state index contributed by atoms with van der Waals surface area (Å²) in [6, 6.07) is 4.24. The molecule has 11 heteroatoms. The Morgan fingerprint density at radius 3 is 2.36 bits per heavy atom. The minimum atomic E-state index is -1.24. The lowest BCUT2D eigenvalue weighted by Crippen LogP contribution is -2.43. The molecule has 3 aromatic rings. The van der Waals surface area contributed by atoms with Crippen molar-refractivity contribution in [1.29, 1.82) is 0 Å². The van der Waals surface area contributed by atoms with Crippen LogP contribution in [0.5, 0.6) is 28.7 Å². The number of hydrogen-bond acceptors (Lipinski definition) is 9. The van der Waals surface area contributed by atoms with Crippen LogP contribution < -0.4 is 15.5 Å². The molecule has 3 rings (SSSR count). The standard InChI is InChI=1S/C22H21NO10/c1-9(2)5-12(21(29)30)23-22(31)33-15-4-3-10(6-13(15)25)20-19(28)18(27)17-14(26)7-11(24)8-16(17)32-20/h3-4,6-9,12,24-26,28H,5H2,1-2H3,(H,23,31)(H,29,30)/t12-/m0/s1. The summed E-state index contributed by atoms with van der Waals surface area (Å²) in [6.45, 7) is 3.58. The summed E-state index contributed by atoms with van der Waals surface area (Å²) >= 11 is 0. The number of carboxylic acid groups (broad SMARTS) is 1. The van der Waals surface area contributed by atoms with Crippen LogP contribution in [0.3, 0.4) is 0 Å². The second kappa shape index (κ2) is 8.99. The van der Waals surface area contributed by atoms with Gasteiger partial charge in [-0.05, 0) is 30.5 Å². The Bertz CT molecular complexity index is 1290. The molecule has 0 spiro atoms. The lowest BCUT2D eigenvalue weighted by Gasteiger charge is -2.16. The molecule has 0 saturated carbocycles. The maximum atomic E-state index is 12.4. The number of carbonyl (C=O) groups is 2. The molecule has 0 saturated heterocycles. The number of nitrogens with one attached hydrogen (secondary N) is 1. The number of aromatic hydroxyl groups is 4. The topological polar surface area (TPSA) is 187 Å². The number of rotatable bonds is 6. The predicted octanol–water partition coefficient (Wildman–Crippen LogP) is 2.87. The third-order valence-corrected chi connectivity index (χ3v) is 4.66. The summed E-state index contributed by atoms with van der Waals surface area (Å²) in [7, 11) is 0. The van der Waals surface area contributed by atoms with Crippen LogP contribution in [0.1, 0.15) is 20.3 Å². The van der Waals surface area contributed by atoms with E-state index in [-0.39, 0.29) is 46.1 Å². The summed E-state index contributed by atoms with van der Waals surface area (Å²) in [5.74, 6) is -4.32. The number of fused-ring (bicyclic) bond motifs is 1. The average Bonchev–Trinajstić information content (AvgIpc) is 2.70. The molecule has 1 heterocycles.